The molecule has 0 atom stereocenters. The van der Waals surface area contributed by atoms with Gasteiger partial charge in [0.1, 0.15) is 5.82 Å². The molecule has 0 radical (unpaired) electrons. The van der Waals surface area contributed by atoms with Crippen molar-refractivity contribution in [2.45, 2.75) is 31.8 Å². The summed E-state index contributed by atoms with van der Waals surface area (Å²) in [5.74, 6) is 0.309. The van der Waals surface area contributed by atoms with Gasteiger partial charge in [-0.2, -0.15) is 0 Å². The minimum atomic E-state index is -3.23. The second kappa shape index (κ2) is 8.80. The highest BCUT2D eigenvalue weighted by Crippen LogP contribution is 2.17. The van der Waals surface area contributed by atoms with Crippen molar-refractivity contribution in [3.05, 3.63) is 65.0 Å². The van der Waals surface area contributed by atoms with E-state index in [9.17, 15) is 12.8 Å². The molecule has 2 aromatic rings. The Morgan fingerprint density at radius 1 is 1.15 bits per heavy atom. The van der Waals surface area contributed by atoms with Gasteiger partial charge < -0.3 is 10.6 Å². The molecule has 140 valence electrons. The van der Waals surface area contributed by atoms with E-state index in [1.54, 1.807) is 37.3 Å². The first-order chi connectivity index (χ1) is 12.3. The maximum absolute atomic E-state index is 13.7. The second-order valence-corrected chi connectivity index (χ2v) is 8.00. The van der Waals surface area contributed by atoms with E-state index in [-0.39, 0.29) is 5.82 Å². The van der Waals surface area contributed by atoms with Crippen molar-refractivity contribution in [1.82, 2.24) is 10.6 Å². The van der Waals surface area contributed by atoms with Crippen molar-refractivity contribution in [1.29, 1.82) is 0 Å². The van der Waals surface area contributed by atoms with Gasteiger partial charge in [0.15, 0.2) is 15.8 Å². The normalized spacial score (nSPS) is 12.1. The third kappa shape index (κ3) is 5.56. The van der Waals surface area contributed by atoms with E-state index < -0.39 is 9.84 Å². The minimum Gasteiger partial charge on any atom is -0.357 e. The summed E-state index contributed by atoms with van der Waals surface area (Å²) in [4.78, 5) is 4.81. The molecule has 0 unspecified atom stereocenters. The quantitative estimate of drug-likeness (QED) is 0.600. The molecule has 0 aliphatic carbocycles. The lowest BCUT2D eigenvalue weighted by atomic mass is 10.1. The number of aryl methyl sites for hydroxylation is 1. The average Bonchev–Trinajstić information content (AvgIpc) is 2.57. The lowest BCUT2D eigenvalue weighted by Gasteiger charge is -2.12. The molecule has 26 heavy (non-hydrogen) atoms. The van der Waals surface area contributed by atoms with Crippen LogP contribution in [0.4, 0.5) is 4.39 Å². The fraction of sp³-hybridized carbons (Fsp3) is 0.316. The van der Waals surface area contributed by atoms with Crippen LogP contribution >= 0.6 is 0 Å². The van der Waals surface area contributed by atoms with Gasteiger partial charge in [-0.3, -0.25) is 0 Å². The molecule has 0 aliphatic rings. The van der Waals surface area contributed by atoms with Gasteiger partial charge in [0, 0.05) is 24.9 Å². The Hall–Kier alpha value is -2.41. The number of hydrogen-bond donors (Lipinski definition) is 2. The Morgan fingerprint density at radius 3 is 2.50 bits per heavy atom. The number of rotatable bonds is 6. The van der Waals surface area contributed by atoms with E-state index in [2.05, 4.69) is 15.6 Å². The summed E-state index contributed by atoms with van der Waals surface area (Å²) in [6.45, 7) is 5.10. The SMILES string of the molecule is CCNC(=NCc1ccc(S(C)(=O)=O)c(C)c1)NCc1ccccc1F. The van der Waals surface area contributed by atoms with E-state index in [0.29, 0.717) is 41.6 Å². The lowest BCUT2D eigenvalue weighted by Crippen LogP contribution is -2.37. The molecule has 0 saturated carbocycles. The van der Waals surface area contributed by atoms with Crippen molar-refractivity contribution in [3.8, 4) is 0 Å². The van der Waals surface area contributed by atoms with Crippen LogP contribution in [0, 0.1) is 12.7 Å². The average molecular weight is 377 g/mol. The topological polar surface area (TPSA) is 70.6 Å². The van der Waals surface area contributed by atoms with Gasteiger partial charge in [0.05, 0.1) is 11.4 Å². The van der Waals surface area contributed by atoms with Gasteiger partial charge in [-0.05, 0) is 37.1 Å². The van der Waals surface area contributed by atoms with Crippen LogP contribution in [0.15, 0.2) is 52.4 Å². The van der Waals surface area contributed by atoms with Crippen LogP contribution in [-0.2, 0) is 22.9 Å². The van der Waals surface area contributed by atoms with E-state index in [1.165, 1.54) is 12.3 Å². The Kier molecular flexibility index (Phi) is 6.74. The minimum absolute atomic E-state index is 0.261. The van der Waals surface area contributed by atoms with Crippen molar-refractivity contribution in [2.24, 2.45) is 4.99 Å². The van der Waals surface area contributed by atoms with Gasteiger partial charge in [-0.1, -0.05) is 30.3 Å². The number of nitrogens with zero attached hydrogens (tertiary/aromatic N) is 1. The number of aliphatic imine (C=N–C) groups is 1. The predicted octanol–water partition coefficient (Wildman–Crippen LogP) is 2.79. The monoisotopic (exact) mass is 377 g/mol. The van der Waals surface area contributed by atoms with Crippen molar-refractivity contribution in [3.63, 3.8) is 0 Å². The molecule has 0 saturated heterocycles. The van der Waals surface area contributed by atoms with Gasteiger partial charge in [-0.25, -0.2) is 17.8 Å². The largest absolute Gasteiger partial charge is 0.357 e. The lowest BCUT2D eigenvalue weighted by molar-refractivity contribution is 0.601. The first kappa shape index (κ1) is 19.9. The maximum Gasteiger partial charge on any atom is 0.191 e. The van der Waals surface area contributed by atoms with Crippen LogP contribution in [0.1, 0.15) is 23.6 Å². The van der Waals surface area contributed by atoms with Gasteiger partial charge >= 0.3 is 0 Å². The summed E-state index contributed by atoms with van der Waals surface area (Å²) in [7, 11) is -3.23. The molecular weight excluding hydrogens is 353 g/mol. The Balaban J connectivity index is 2.09. The zero-order valence-corrected chi connectivity index (χ0v) is 16.0. The summed E-state index contributed by atoms with van der Waals surface area (Å²) >= 11 is 0. The second-order valence-electron chi connectivity index (χ2n) is 6.01. The Labute approximate surface area is 154 Å². The molecule has 0 heterocycles. The zero-order valence-electron chi connectivity index (χ0n) is 15.2. The summed E-state index contributed by atoms with van der Waals surface area (Å²) in [6, 6.07) is 11.8. The molecule has 2 aromatic carbocycles. The summed E-state index contributed by atoms with van der Waals surface area (Å²) in [5, 5.41) is 6.21. The Bertz CT molecular complexity index is 895. The highest BCUT2D eigenvalue weighted by Gasteiger charge is 2.10. The van der Waals surface area contributed by atoms with Crippen LogP contribution < -0.4 is 10.6 Å². The van der Waals surface area contributed by atoms with Crippen LogP contribution in [0.25, 0.3) is 0 Å². The molecule has 0 aromatic heterocycles. The zero-order chi connectivity index (χ0) is 19.2. The smallest absolute Gasteiger partial charge is 0.191 e. The molecule has 2 N–H and O–H groups in total. The van der Waals surface area contributed by atoms with E-state index in [0.717, 1.165) is 5.56 Å². The van der Waals surface area contributed by atoms with E-state index in [4.69, 9.17) is 0 Å². The number of halogens is 1. The van der Waals surface area contributed by atoms with Crippen LogP contribution in [0.2, 0.25) is 0 Å². The van der Waals surface area contributed by atoms with Crippen LogP contribution in [0.3, 0.4) is 0 Å². The molecule has 0 bridgehead atoms. The highest BCUT2D eigenvalue weighted by molar-refractivity contribution is 7.90. The van der Waals surface area contributed by atoms with Crippen molar-refractivity contribution >= 4 is 15.8 Å². The molecule has 5 nitrogen and oxygen atoms in total. The highest BCUT2D eigenvalue weighted by atomic mass is 32.2. The Morgan fingerprint density at radius 2 is 1.88 bits per heavy atom. The molecule has 0 aliphatic heterocycles. The fourth-order valence-electron chi connectivity index (χ4n) is 2.56. The molecule has 7 heteroatoms. The van der Waals surface area contributed by atoms with Gasteiger partial charge in [0.25, 0.3) is 0 Å². The molecule has 0 fully saturated rings. The van der Waals surface area contributed by atoms with E-state index in [1.807, 2.05) is 13.0 Å². The third-order valence-electron chi connectivity index (χ3n) is 3.81. The third-order valence-corrected chi connectivity index (χ3v) is 5.06. The van der Waals surface area contributed by atoms with E-state index >= 15 is 0 Å². The van der Waals surface area contributed by atoms with Gasteiger partial charge in [0.2, 0.25) is 0 Å². The predicted molar refractivity (Wildman–Crippen MR) is 102 cm³/mol. The molecular formula is C19H24FN3O2S. The number of nitrogens with one attached hydrogen (secondary N) is 2. The first-order valence-corrected chi connectivity index (χ1v) is 10.3. The van der Waals surface area contributed by atoms with Crippen LogP contribution in [0.5, 0.6) is 0 Å². The standard InChI is InChI=1S/C19H24FN3O2S/c1-4-21-19(23-13-16-7-5-6-8-17(16)20)22-12-15-9-10-18(14(2)11-15)26(3,24)25/h5-11H,4,12-13H2,1-3H3,(H2,21,22,23). The molecule has 2 rings (SSSR count). The summed E-state index contributed by atoms with van der Waals surface area (Å²) in [6.07, 6.45) is 1.20. The van der Waals surface area contributed by atoms with Crippen LogP contribution in [-0.4, -0.2) is 27.2 Å². The maximum atomic E-state index is 13.7. The van der Waals surface area contributed by atoms with Gasteiger partial charge in [-0.15, -0.1) is 0 Å². The summed E-state index contributed by atoms with van der Waals surface area (Å²) in [5.41, 5.74) is 2.16. The number of sulfone groups is 1. The summed E-state index contributed by atoms with van der Waals surface area (Å²) < 4.78 is 37.1. The molecule has 0 spiro atoms. The van der Waals surface area contributed by atoms with Crippen molar-refractivity contribution in [2.75, 3.05) is 12.8 Å². The number of benzene rings is 2. The van der Waals surface area contributed by atoms with Crippen molar-refractivity contribution < 1.29 is 12.8 Å². The molecule has 0 amide bonds. The number of guanidine groups is 1. The fourth-order valence-corrected chi connectivity index (χ4v) is 3.52. The first-order valence-electron chi connectivity index (χ1n) is 8.36. The number of hydrogen-bond acceptors (Lipinski definition) is 3.